The van der Waals surface area contributed by atoms with Gasteiger partial charge in [0.25, 0.3) is 0 Å². The molecule has 0 radical (unpaired) electrons. The van der Waals surface area contributed by atoms with Gasteiger partial charge < -0.3 is 15.2 Å². The van der Waals surface area contributed by atoms with Crippen LogP contribution >= 0.6 is 0 Å². The molecule has 1 aromatic rings. The van der Waals surface area contributed by atoms with Crippen LogP contribution in [0.2, 0.25) is 0 Å². The van der Waals surface area contributed by atoms with Crippen molar-refractivity contribution < 1.29 is 9.47 Å². The van der Waals surface area contributed by atoms with Crippen LogP contribution in [-0.2, 0) is 5.41 Å². The molecule has 2 aliphatic carbocycles. The number of hydrogen-bond donors (Lipinski definition) is 1. The molecular weight excluding hydrogens is 250 g/mol. The van der Waals surface area contributed by atoms with Gasteiger partial charge >= 0.3 is 0 Å². The van der Waals surface area contributed by atoms with Crippen molar-refractivity contribution in [3.8, 4) is 11.5 Å². The van der Waals surface area contributed by atoms with E-state index in [4.69, 9.17) is 15.2 Å². The van der Waals surface area contributed by atoms with E-state index >= 15 is 0 Å². The highest BCUT2D eigenvalue weighted by molar-refractivity contribution is 5.47. The summed E-state index contributed by atoms with van der Waals surface area (Å²) in [4.78, 5) is 0. The van der Waals surface area contributed by atoms with Gasteiger partial charge in [-0.3, -0.25) is 0 Å². The third kappa shape index (κ3) is 2.64. The van der Waals surface area contributed by atoms with Crippen LogP contribution in [0.25, 0.3) is 0 Å². The maximum Gasteiger partial charge on any atom is 0.161 e. The van der Waals surface area contributed by atoms with E-state index < -0.39 is 0 Å². The standard InChI is InChI=1S/C17H25NO2/c1-19-15-7-6-13(17(8-9-17)10-11-18)12-16(15)20-14-4-2-3-5-14/h6-7,12,14H,2-5,8-11,18H2,1H3. The van der Waals surface area contributed by atoms with Crippen molar-refractivity contribution in [3.63, 3.8) is 0 Å². The Morgan fingerprint density at radius 3 is 2.55 bits per heavy atom. The lowest BCUT2D eigenvalue weighted by molar-refractivity contribution is 0.200. The third-order valence-corrected chi connectivity index (χ3v) is 4.85. The molecule has 2 aliphatic rings. The molecule has 20 heavy (non-hydrogen) atoms. The first kappa shape index (κ1) is 13.7. The molecule has 0 amide bonds. The average molecular weight is 275 g/mol. The number of ether oxygens (including phenoxy) is 2. The van der Waals surface area contributed by atoms with Crippen molar-refractivity contribution in [1.82, 2.24) is 0 Å². The zero-order valence-corrected chi connectivity index (χ0v) is 12.4. The molecular formula is C17H25NO2. The highest BCUT2D eigenvalue weighted by Crippen LogP contribution is 2.52. The minimum Gasteiger partial charge on any atom is -0.493 e. The first-order valence-electron chi connectivity index (χ1n) is 7.83. The summed E-state index contributed by atoms with van der Waals surface area (Å²) in [7, 11) is 1.71. The predicted octanol–water partition coefficient (Wildman–Crippen LogP) is 3.40. The van der Waals surface area contributed by atoms with Crippen LogP contribution in [0.15, 0.2) is 18.2 Å². The molecule has 1 aromatic carbocycles. The number of nitrogens with two attached hydrogens (primary N) is 1. The van der Waals surface area contributed by atoms with E-state index in [1.807, 2.05) is 0 Å². The van der Waals surface area contributed by atoms with E-state index in [-0.39, 0.29) is 0 Å². The first-order chi connectivity index (χ1) is 9.77. The van der Waals surface area contributed by atoms with Gasteiger partial charge in [0.05, 0.1) is 13.2 Å². The summed E-state index contributed by atoms with van der Waals surface area (Å²) in [5.74, 6) is 1.77. The summed E-state index contributed by atoms with van der Waals surface area (Å²) in [6.07, 6.45) is 8.83. The van der Waals surface area contributed by atoms with Crippen molar-refractivity contribution in [2.45, 2.75) is 56.5 Å². The lowest BCUT2D eigenvalue weighted by atomic mass is 9.92. The molecule has 0 spiro atoms. The number of hydrogen-bond acceptors (Lipinski definition) is 3. The van der Waals surface area contributed by atoms with Crippen LogP contribution in [0.1, 0.15) is 50.5 Å². The highest BCUT2D eigenvalue weighted by Gasteiger charge is 2.43. The Balaban J connectivity index is 1.82. The normalized spacial score (nSPS) is 20.9. The molecule has 110 valence electrons. The van der Waals surface area contributed by atoms with Gasteiger partial charge in [0, 0.05) is 0 Å². The molecule has 0 bridgehead atoms. The minimum atomic E-state index is 0.314. The monoisotopic (exact) mass is 275 g/mol. The van der Waals surface area contributed by atoms with Crippen LogP contribution in [0.5, 0.6) is 11.5 Å². The lowest BCUT2D eigenvalue weighted by Gasteiger charge is -2.20. The molecule has 0 aromatic heterocycles. The number of methoxy groups -OCH3 is 1. The van der Waals surface area contributed by atoms with Crippen molar-refractivity contribution in [1.29, 1.82) is 0 Å². The fourth-order valence-electron chi connectivity index (χ4n) is 3.39. The molecule has 3 heteroatoms. The maximum atomic E-state index is 6.18. The van der Waals surface area contributed by atoms with Crippen LogP contribution in [0, 0.1) is 0 Å². The van der Waals surface area contributed by atoms with E-state index in [9.17, 15) is 0 Å². The zero-order valence-electron chi connectivity index (χ0n) is 12.4. The predicted molar refractivity (Wildman–Crippen MR) is 80.5 cm³/mol. The number of rotatable bonds is 6. The molecule has 2 saturated carbocycles. The second-order valence-corrected chi connectivity index (χ2v) is 6.21. The summed E-state index contributed by atoms with van der Waals surface area (Å²) in [5.41, 5.74) is 7.45. The van der Waals surface area contributed by atoms with Gasteiger partial charge in [0.1, 0.15) is 0 Å². The molecule has 0 unspecified atom stereocenters. The van der Waals surface area contributed by atoms with E-state index in [0.717, 1.165) is 24.5 Å². The topological polar surface area (TPSA) is 44.5 Å². The first-order valence-corrected chi connectivity index (χ1v) is 7.83. The lowest BCUT2D eigenvalue weighted by Crippen LogP contribution is -2.15. The zero-order chi connectivity index (χ0) is 14.0. The Kier molecular flexibility index (Phi) is 3.88. The smallest absolute Gasteiger partial charge is 0.161 e. The van der Waals surface area contributed by atoms with Crippen LogP contribution < -0.4 is 15.2 Å². The van der Waals surface area contributed by atoms with Crippen molar-refractivity contribution in [3.05, 3.63) is 23.8 Å². The van der Waals surface area contributed by atoms with E-state index in [2.05, 4.69) is 18.2 Å². The van der Waals surface area contributed by atoms with Gasteiger partial charge in [-0.1, -0.05) is 6.07 Å². The van der Waals surface area contributed by atoms with Crippen LogP contribution in [-0.4, -0.2) is 19.8 Å². The summed E-state index contributed by atoms with van der Waals surface area (Å²) in [6, 6.07) is 6.43. The Morgan fingerprint density at radius 1 is 1.20 bits per heavy atom. The summed E-state index contributed by atoms with van der Waals surface area (Å²) >= 11 is 0. The van der Waals surface area contributed by atoms with Gasteiger partial charge in [0.15, 0.2) is 11.5 Å². The maximum absolute atomic E-state index is 6.18. The molecule has 3 nitrogen and oxygen atoms in total. The summed E-state index contributed by atoms with van der Waals surface area (Å²) < 4.78 is 11.6. The Hall–Kier alpha value is -1.22. The third-order valence-electron chi connectivity index (χ3n) is 4.85. The van der Waals surface area contributed by atoms with Gasteiger partial charge in [-0.2, -0.15) is 0 Å². The fraction of sp³-hybridized carbons (Fsp3) is 0.647. The van der Waals surface area contributed by atoms with Crippen LogP contribution in [0.3, 0.4) is 0 Å². The molecule has 0 aliphatic heterocycles. The molecule has 3 rings (SSSR count). The number of benzene rings is 1. The fourth-order valence-corrected chi connectivity index (χ4v) is 3.39. The molecule has 0 saturated heterocycles. The van der Waals surface area contributed by atoms with Crippen molar-refractivity contribution in [2.75, 3.05) is 13.7 Å². The summed E-state index contributed by atoms with van der Waals surface area (Å²) in [5, 5.41) is 0. The summed E-state index contributed by atoms with van der Waals surface area (Å²) in [6.45, 7) is 0.755. The van der Waals surface area contributed by atoms with Gasteiger partial charge in [-0.05, 0) is 74.6 Å². The minimum absolute atomic E-state index is 0.314. The Labute approximate surface area is 121 Å². The second kappa shape index (κ2) is 5.65. The largest absolute Gasteiger partial charge is 0.493 e. The highest BCUT2D eigenvalue weighted by atomic mass is 16.5. The average Bonchev–Trinajstić information content (AvgIpc) is 3.07. The van der Waals surface area contributed by atoms with Crippen molar-refractivity contribution in [2.24, 2.45) is 5.73 Å². The SMILES string of the molecule is COc1ccc(C2(CCN)CC2)cc1OC1CCCC1. The second-order valence-electron chi connectivity index (χ2n) is 6.21. The molecule has 2 N–H and O–H groups in total. The van der Waals surface area contributed by atoms with Crippen LogP contribution in [0.4, 0.5) is 0 Å². The van der Waals surface area contributed by atoms with E-state index in [1.54, 1.807) is 7.11 Å². The van der Waals surface area contributed by atoms with E-state index in [0.29, 0.717) is 11.5 Å². The van der Waals surface area contributed by atoms with E-state index in [1.165, 1.54) is 44.1 Å². The molecule has 2 fully saturated rings. The Morgan fingerprint density at radius 2 is 1.95 bits per heavy atom. The van der Waals surface area contributed by atoms with Gasteiger partial charge in [0.2, 0.25) is 0 Å². The van der Waals surface area contributed by atoms with Gasteiger partial charge in [-0.25, -0.2) is 0 Å². The molecule has 0 atom stereocenters. The quantitative estimate of drug-likeness (QED) is 0.865. The Bertz CT molecular complexity index is 462. The molecule has 0 heterocycles. The van der Waals surface area contributed by atoms with Gasteiger partial charge in [-0.15, -0.1) is 0 Å². The van der Waals surface area contributed by atoms with Crippen molar-refractivity contribution >= 4 is 0 Å².